The third kappa shape index (κ3) is 1.95. The lowest BCUT2D eigenvalue weighted by atomic mass is 9.86. The molecule has 1 spiro atoms. The van der Waals surface area contributed by atoms with Crippen molar-refractivity contribution in [3.63, 3.8) is 0 Å². The van der Waals surface area contributed by atoms with Crippen LogP contribution in [-0.2, 0) is 13.1 Å². The van der Waals surface area contributed by atoms with Gasteiger partial charge < -0.3 is 15.5 Å². The average molecular weight is 271 g/mol. The average Bonchev–Trinajstić information content (AvgIpc) is 3.19. The highest BCUT2D eigenvalue weighted by molar-refractivity contribution is 5.94. The molecule has 1 aromatic rings. The minimum Gasteiger partial charge on any atom is -0.338 e. The van der Waals surface area contributed by atoms with E-state index in [4.69, 9.17) is 0 Å². The topological polar surface area (TPSA) is 44.4 Å². The van der Waals surface area contributed by atoms with E-state index in [1.54, 1.807) is 0 Å². The Labute approximate surface area is 119 Å². The molecule has 3 aliphatic rings. The largest absolute Gasteiger partial charge is 0.338 e. The normalized spacial score (nSPS) is 28.3. The molecule has 1 amide bonds. The van der Waals surface area contributed by atoms with E-state index in [2.05, 4.69) is 27.7 Å². The number of carbonyl (C=O) groups excluding carboxylic acids is 1. The van der Waals surface area contributed by atoms with Gasteiger partial charge in [-0.3, -0.25) is 4.79 Å². The van der Waals surface area contributed by atoms with Gasteiger partial charge in [0.15, 0.2) is 0 Å². The first kappa shape index (κ1) is 12.4. The molecule has 106 valence electrons. The second-order valence-corrected chi connectivity index (χ2v) is 6.49. The predicted octanol–water partition coefficient (Wildman–Crippen LogP) is 1.12. The molecule has 2 fully saturated rings. The molecule has 0 saturated carbocycles. The molecule has 1 unspecified atom stereocenters. The molecule has 1 atom stereocenters. The van der Waals surface area contributed by atoms with Gasteiger partial charge in [-0.05, 0) is 42.6 Å². The van der Waals surface area contributed by atoms with Crippen LogP contribution in [0.4, 0.5) is 0 Å². The quantitative estimate of drug-likeness (QED) is 0.804. The fraction of sp³-hybridized carbons (Fsp3) is 0.562. The summed E-state index contributed by atoms with van der Waals surface area (Å²) in [7, 11) is 0. The number of benzene rings is 1. The van der Waals surface area contributed by atoms with Crippen LogP contribution in [0.5, 0.6) is 0 Å². The molecule has 2 N–H and O–H groups in total. The minimum absolute atomic E-state index is 0.212. The van der Waals surface area contributed by atoms with Crippen LogP contribution in [0.1, 0.15) is 34.3 Å². The fourth-order valence-corrected chi connectivity index (χ4v) is 3.86. The van der Waals surface area contributed by atoms with Crippen molar-refractivity contribution in [1.29, 1.82) is 0 Å². The predicted molar refractivity (Wildman–Crippen MR) is 77.4 cm³/mol. The highest BCUT2D eigenvalue weighted by Crippen LogP contribution is 2.36. The smallest absolute Gasteiger partial charge is 0.253 e. The van der Waals surface area contributed by atoms with Crippen molar-refractivity contribution in [3.8, 4) is 0 Å². The maximum atomic E-state index is 12.7. The Bertz CT molecular complexity index is 549. The van der Waals surface area contributed by atoms with E-state index in [0.717, 1.165) is 51.3 Å². The zero-order valence-electron chi connectivity index (χ0n) is 11.7. The van der Waals surface area contributed by atoms with Crippen LogP contribution in [0, 0.1) is 5.41 Å². The second kappa shape index (κ2) is 4.57. The maximum absolute atomic E-state index is 12.7. The van der Waals surface area contributed by atoms with Gasteiger partial charge in [-0.25, -0.2) is 0 Å². The van der Waals surface area contributed by atoms with Gasteiger partial charge in [0, 0.05) is 43.7 Å². The highest BCUT2D eigenvalue weighted by Gasteiger charge is 2.41. The number of hydrogen-bond donors (Lipinski definition) is 2. The monoisotopic (exact) mass is 271 g/mol. The number of nitrogens with one attached hydrogen (secondary N) is 2. The molecule has 0 aliphatic carbocycles. The van der Waals surface area contributed by atoms with Crippen LogP contribution in [0.15, 0.2) is 18.2 Å². The summed E-state index contributed by atoms with van der Waals surface area (Å²) in [5, 5.41) is 6.77. The summed E-state index contributed by atoms with van der Waals surface area (Å²) >= 11 is 0. The molecule has 0 bridgehead atoms. The van der Waals surface area contributed by atoms with Crippen LogP contribution in [-0.4, -0.2) is 37.0 Å². The SMILES string of the molecule is O=C(c1ccc2c(c1)CNC2)N1CCC2(CCNC2)C1. The summed E-state index contributed by atoms with van der Waals surface area (Å²) in [5.41, 5.74) is 3.83. The third-order valence-electron chi connectivity index (χ3n) is 5.14. The van der Waals surface area contributed by atoms with Gasteiger partial charge in [0.1, 0.15) is 0 Å². The maximum Gasteiger partial charge on any atom is 0.253 e. The van der Waals surface area contributed by atoms with Crippen molar-refractivity contribution in [2.75, 3.05) is 26.2 Å². The first-order chi connectivity index (χ1) is 9.76. The number of likely N-dealkylation sites (tertiary alicyclic amines) is 1. The second-order valence-electron chi connectivity index (χ2n) is 6.49. The molecule has 4 nitrogen and oxygen atoms in total. The Kier molecular flexibility index (Phi) is 2.82. The van der Waals surface area contributed by atoms with E-state index in [-0.39, 0.29) is 5.91 Å². The first-order valence-corrected chi connectivity index (χ1v) is 7.58. The summed E-state index contributed by atoms with van der Waals surface area (Å²) in [6.45, 7) is 5.84. The Morgan fingerprint density at radius 2 is 2.05 bits per heavy atom. The molecule has 3 heterocycles. The lowest BCUT2D eigenvalue weighted by molar-refractivity contribution is 0.0775. The summed E-state index contributed by atoms with van der Waals surface area (Å²) in [6, 6.07) is 6.17. The van der Waals surface area contributed by atoms with E-state index in [1.807, 2.05) is 6.07 Å². The summed E-state index contributed by atoms with van der Waals surface area (Å²) in [4.78, 5) is 14.7. The van der Waals surface area contributed by atoms with Gasteiger partial charge in [0.25, 0.3) is 5.91 Å². The lowest BCUT2D eigenvalue weighted by Gasteiger charge is -2.23. The molecule has 20 heavy (non-hydrogen) atoms. The Hall–Kier alpha value is -1.39. The first-order valence-electron chi connectivity index (χ1n) is 7.58. The summed E-state index contributed by atoms with van der Waals surface area (Å²) < 4.78 is 0. The summed E-state index contributed by atoms with van der Waals surface area (Å²) in [6.07, 6.45) is 2.36. The Balaban J connectivity index is 1.53. The van der Waals surface area contributed by atoms with Crippen molar-refractivity contribution in [2.24, 2.45) is 5.41 Å². The fourth-order valence-electron chi connectivity index (χ4n) is 3.86. The number of amides is 1. The molecule has 2 saturated heterocycles. The van der Waals surface area contributed by atoms with Crippen LogP contribution in [0.25, 0.3) is 0 Å². The van der Waals surface area contributed by atoms with Gasteiger partial charge >= 0.3 is 0 Å². The van der Waals surface area contributed by atoms with Crippen molar-refractivity contribution in [1.82, 2.24) is 15.5 Å². The molecule has 3 aliphatic heterocycles. The van der Waals surface area contributed by atoms with E-state index in [1.165, 1.54) is 17.5 Å². The van der Waals surface area contributed by atoms with E-state index < -0.39 is 0 Å². The highest BCUT2D eigenvalue weighted by atomic mass is 16.2. The Morgan fingerprint density at radius 1 is 1.15 bits per heavy atom. The van der Waals surface area contributed by atoms with Gasteiger partial charge in [0.05, 0.1) is 0 Å². The minimum atomic E-state index is 0.212. The van der Waals surface area contributed by atoms with Gasteiger partial charge in [0.2, 0.25) is 0 Å². The molecule has 4 heteroatoms. The van der Waals surface area contributed by atoms with Gasteiger partial charge in [-0.2, -0.15) is 0 Å². The number of rotatable bonds is 1. The number of carbonyl (C=O) groups is 1. The van der Waals surface area contributed by atoms with Crippen LogP contribution >= 0.6 is 0 Å². The number of fused-ring (bicyclic) bond motifs is 1. The zero-order chi connectivity index (χ0) is 13.6. The Morgan fingerprint density at radius 3 is 2.90 bits per heavy atom. The molecule has 0 aromatic heterocycles. The van der Waals surface area contributed by atoms with Gasteiger partial charge in [-0.1, -0.05) is 6.07 Å². The molecule has 0 radical (unpaired) electrons. The van der Waals surface area contributed by atoms with Crippen LogP contribution in [0.2, 0.25) is 0 Å². The molecular weight excluding hydrogens is 250 g/mol. The molecule has 4 rings (SSSR count). The third-order valence-corrected chi connectivity index (χ3v) is 5.14. The van der Waals surface area contributed by atoms with Crippen LogP contribution < -0.4 is 10.6 Å². The lowest BCUT2D eigenvalue weighted by Crippen LogP contribution is -2.33. The van der Waals surface area contributed by atoms with Crippen LogP contribution in [0.3, 0.4) is 0 Å². The van der Waals surface area contributed by atoms with Crippen molar-refractivity contribution >= 4 is 5.91 Å². The number of hydrogen-bond acceptors (Lipinski definition) is 3. The standard InChI is InChI=1S/C16H21N3O/c20-15(12-1-2-13-8-18-9-14(13)7-12)19-6-4-16(11-19)3-5-17-10-16/h1-2,7,17-18H,3-6,8-11H2. The van der Waals surface area contributed by atoms with Crippen molar-refractivity contribution < 1.29 is 4.79 Å². The number of nitrogens with zero attached hydrogens (tertiary/aromatic N) is 1. The zero-order valence-corrected chi connectivity index (χ0v) is 11.7. The van der Waals surface area contributed by atoms with Crippen molar-refractivity contribution in [3.05, 3.63) is 34.9 Å². The van der Waals surface area contributed by atoms with E-state index in [9.17, 15) is 4.79 Å². The van der Waals surface area contributed by atoms with Crippen molar-refractivity contribution in [2.45, 2.75) is 25.9 Å². The van der Waals surface area contributed by atoms with E-state index >= 15 is 0 Å². The molecule has 1 aromatic carbocycles. The molecular formula is C16H21N3O. The van der Waals surface area contributed by atoms with Gasteiger partial charge in [-0.15, -0.1) is 0 Å². The summed E-state index contributed by atoms with van der Waals surface area (Å²) in [5.74, 6) is 0.212. The van der Waals surface area contributed by atoms with E-state index in [0.29, 0.717) is 5.41 Å².